The summed E-state index contributed by atoms with van der Waals surface area (Å²) in [5.74, 6) is 0. The molecule has 0 bridgehead atoms. The van der Waals surface area contributed by atoms with Crippen LogP contribution in [0.2, 0.25) is 0 Å². The molecule has 1 N–H and O–H groups in total. The van der Waals surface area contributed by atoms with Gasteiger partial charge in [0.1, 0.15) is 0 Å². The number of hydrogen-bond donors (Lipinski definition) is 1. The molecule has 2 aliphatic heterocycles. The van der Waals surface area contributed by atoms with Crippen molar-refractivity contribution in [2.75, 3.05) is 39.3 Å². The Morgan fingerprint density at radius 3 is 1.82 bits per heavy atom. The van der Waals surface area contributed by atoms with Crippen LogP contribution in [-0.4, -0.2) is 56.3 Å². The van der Waals surface area contributed by atoms with Crippen molar-refractivity contribution in [3.8, 4) is 0 Å². The summed E-state index contributed by atoms with van der Waals surface area (Å²) in [7, 11) is -3.18. The molecule has 0 aromatic carbocycles. The first-order valence-corrected chi connectivity index (χ1v) is 7.57. The number of nitrogens with one attached hydrogen (secondary N) is 1. The quantitative estimate of drug-likeness (QED) is 0.599. The predicted octanol–water partition coefficient (Wildman–Crippen LogP) is -2.74. The van der Waals surface area contributed by atoms with Gasteiger partial charge in [-0.15, -0.1) is 0 Å². The van der Waals surface area contributed by atoms with Gasteiger partial charge in [-0.3, -0.25) is 0 Å². The molecule has 0 aliphatic carbocycles. The molecule has 2 aliphatic rings. The molecule has 7 heteroatoms. The molecule has 2 rings (SSSR count). The third-order valence-corrected chi connectivity index (χ3v) is 5.33. The van der Waals surface area contributed by atoms with E-state index in [0.29, 0.717) is 26.2 Å². The highest BCUT2D eigenvalue weighted by Gasteiger charge is 2.30. The van der Waals surface area contributed by atoms with Crippen LogP contribution in [0.3, 0.4) is 0 Å². The minimum atomic E-state index is -3.18. The van der Waals surface area contributed by atoms with Gasteiger partial charge in [0.05, 0.1) is 0 Å². The molecule has 2 heterocycles. The highest BCUT2D eigenvalue weighted by Crippen LogP contribution is 2.16. The molecular formula is C10H23ClN3O2S-. The molecule has 5 nitrogen and oxygen atoms in total. The van der Waals surface area contributed by atoms with Crippen molar-refractivity contribution in [1.29, 1.82) is 0 Å². The second-order valence-electron chi connectivity index (χ2n) is 4.47. The van der Waals surface area contributed by atoms with Crippen LogP contribution in [0.15, 0.2) is 0 Å². The van der Waals surface area contributed by atoms with Crippen molar-refractivity contribution in [3.63, 3.8) is 0 Å². The standard InChI is InChI=1S/C10H21N3O2S.ClH.H2/c14-16(15,13-9-5-11-6-10-13)12-7-3-1-2-4-8-12;;/h11H,1-10H2;2*1H/p-1. The molecule has 0 unspecified atom stereocenters. The van der Waals surface area contributed by atoms with Crippen molar-refractivity contribution < 1.29 is 22.3 Å². The third kappa shape index (κ3) is 3.79. The Kier molecular flexibility index (Phi) is 6.16. The van der Waals surface area contributed by atoms with E-state index in [0.717, 1.165) is 38.8 Å². The molecule has 0 aromatic rings. The summed E-state index contributed by atoms with van der Waals surface area (Å²) in [4.78, 5) is 0. The zero-order valence-corrected chi connectivity index (χ0v) is 11.6. The van der Waals surface area contributed by atoms with E-state index in [2.05, 4.69) is 5.32 Å². The number of rotatable bonds is 2. The van der Waals surface area contributed by atoms with Crippen LogP contribution in [0, 0.1) is 0 Å². The van der Waals surface area contributed by atoms with Crippen LogP contribution in [0.5, 0.6) is 0 Å². The van der Waals surface area contributed by atoms with Gasteiger partial charge < -0.3 is 17.7 Å². The van der Waals surface area contributed by atoms with Crippen molar-refractivity contribution in [2.24, 2.45) is 0 Å². The summed E-state index contributed by atoms with van der Waals surface area (Å²) >= 11 is 0. The topological polar surface area (TPSA) is 52.7 Å². The first kappa shape index (κ1) is 15.2. The molecule has 2 fully saturated rings. The van der Waals surface area contributed by atoms with Crippen molar-refractivity contribution in [1.82, 2.24) is 13.9 Å². The lowest BCUT2D eigenvalue weighted by molar-refractivity contribution is -0.00000618. The normalized spacial score (nSPS) is 24.9. The van der Waals surface area contributed by atoms with E-state index in [9.17, 15) is 8.42 Å². The lowest BCUT2D eigenvalue weighted by Crippen LogP contribution is -3.00. The first-order chi connectivity index (χ1) is 7.71. The molecule has 0 atom stereocenters. The highest BCUT2D eigenvalue weighted by atomic mass is 35.5. The van der Waals surface area contributed by atoms with Gasteiger partial charge in [0.2, 0.25) is 0 Å². The summed E-state index contributed by atoms with van der Waals surface area (Å²) < 4.78 is 27.9. The van der Waals surface area contributed by atoms with Crippen LogP contribution in [-0.2, 0) is 10.2 Å². The SMILES string of the molecule is O=S(=O)(N1CCCCCC1)N1CCNCC1.[Cl-].[HH]. The number of halogens is 1. The highest BCUT2D eigenvalue weighted by molar-refractivity contribution is 7.86. The minimum Gasteiger partial charge on any atom is -1.00 e. The van der Waals surface area contributed by atoms with Crippen molar-refractivity contribution in [3.05, 3.63) is 0 Å². The fourth-order valence-electron chi connectivity index (χ4n) is 2.31. The number of piperazine rings is 1. The van der Waals surface area contributed by atoms with Gasteiger partial charge >= 0.3 is 0 Å². The summed E-state index contributed by atoms with van der Waals surface area (Å²) in [6, 6.07) is 0. The Bertz CT molecular complexity index is 315. The predicted molar refractivity (Wildman–Crippen MR) is 65.5 cm³/mol. The summed E-state index contributed by atoms with van der Waals surface area (Å²) in [6.45, 7) is 4.16. The van der Waals surface area contributed by atoms with E-state index in [4.69, 9.17) is 0 Å². The second kappa shape index (κ2) is 6.89. The van der Waals surface area contributed by atoms with Crippen LogP contribution in [0.1, 0.15) is 27.1 Å². The van der Waals surface area contributed by atoms with Crippen molar-refractivity contribution >= 4 is 10.2 Å². The van der Waals surface area contributed by atoms with Gasteiger partial charge in [-0.25, -0.2) is 0 Å². The van der Waals surface area contributed by atoms with Crippen LogP contribution in [0.25, 0.3) is 0 Å². The Labute approximate surface area is 112 Å². The van der Waals surface area contributed by atoms with E-state index in [-0.39, 0.29) is 13.8 Å². The average Bonchev–Trinajstić information content (AvgIpc) is 2.59. The molecule has 2 saturated heterocycles. The van der Waals surface area contributed by atoms with Gasteiger partial charge in [0.15, 0.2) is 0 Å². The third-order valence-electron chi connectivity index (χ3n) is 3.29. The Hall–Kier alpha value is 0.120. The lowest BCUT2D eigenvalue weighted by Gasteiger charge is -2.31. The van der Waals surface area contributed by atoms with E-state index < -0.39 is 10.2 Å². The van der Waals surface area contributed by atoms with E-state index >= 15 is 0 Å². The van der Waals surface area contributed by atoms with E-state index in [1.54, 1.807) is 8.61 Å². The fraction of sp³-hybridized carbons (Fsp3) is 1.00. The van der Waals surface area contributed by atoms with Crippen molar-refractivity contribution in [2.45, 2.75) is 25.7 Å². The monoisotopic (exact) mass is 284 g/mol. The second-order valence-corrected chi connectivity index (χ2v) is 6.40. The molecule has 0 aromatic heterocycles. The molecule has 0 spiro atoms. The summed E-state index contributed by atoms with van der Waals surface area (Å²) in [5.41, 5.74) is 0. The van der Waals surface area contributed by atoms with Gasteiger partial charge in [-0.1, -0.05) is 12.8 Å². The number of nitrogens with zero attached hydrogens (tertiary/aromatic N) is 2. The smallest absolute Gasteiger partial charge is 0.282 e. The van der Waals surface area contributed by atoms with Gasteiger partial charge in [-0.05, 0) is 12.8 Å². The average molecular weight is 285 g/mol. The van der Waals surface area contributed by atoms with Crippen LogP contribution >= 0.6 is 0 Å². The maximum atomic E-state index is 12.3. The molecule has 104 valence electrons. The summed E-state index contributed by atoms with van der Waals surface area (Å²) in [5, 5.41) is 3.18. The van der Waals surface area contributed by atoms with Gasteiger partial charge in [0, 0.05) is 40.7 Å². The Morgan fingerprint density at radius 1 is 0.824 bits per heavy atom. The first-order valence-electron chi connectivity index (χ1n) is 6.17. The zero-order chi connectivity index (χ0) is 11.4. The Balaban J connectivity index is 0.00000144. The maximum absolute atomic E-state index is 12.3. The Morgan fingerprint density at radius 2 is 1.29 bits per heavy atom. The van der Waals surface area contributed by atoms with E-state index in [1.165, 1.54) is 0 Å². The van der Waals surface area contributed by atoms with Crippen LogP contribution < -0.4 is 17.7 Å². The van der Waals surface area contributed by atoms with E-state index in [1.807, 2.05) is 0 Å². The number of hydrogen-bond acceptors (Lipinski definition) is 3. The lowest BCUT2D eigenvalue weighted by atomic mass is 10.2. The largest absolute Gasteiger partial charge is 1.00 e. The molecule has 0 radical (unpaired) electrons. The van der Waals surface area contributed by atoms with Gasteiger partial charge in [0.25, 0.3) is 10.2 Å². The molecule has 17 heavy (non-hydrogen) atoms. The molecule has 0 saturated carbocycles. The minimum absolute atomic E-state index is 0. The van der Waals surface area contributed by atoms with Crippen LogP contribution in [0.4, 0.5) is 0 Å². The fourth-order valence-corrected chi connectivity index (χ4v) is 4.00. The zero-order valence-electron chi connectivity index (χ0n) is 10.1. The summed E-state index contributed by atoms with van der Waals surface area (Å²) in [6.07, 6.45) is 4.33. The van der Waals surface area contributed by atoms with Gasteiger partial charge in [-0.2, -0.15) is 17.0 Å². The molecule has 0 amide bonds. The molecular weight excluding hydrogens is 262 g/mol. The maximum Gasteiger partial charge on any atom is 0.282 e.